The maximum atomic E-state index is 13.3. The minimum Gasteiger partial charge on any atom is -0.489 e. The van der Waals surface area contributed by atoms with Crippen LogP contribution in [0.15, 0.2) is 61.2 Å². The Balaban J connectivity index is 1.59. The lowest BCUT2D eigenvalue weighted by atomic mass is 9.90. The Kier molecular flexibility index (Phi) is 6.05. The number of nitrogens with zero attached hydrogens (tertiary/aromatic N) is 1. The van der Waals surface area contributed by atoms with Gasteiger partial charge in [-0.2, -0.15) is 0 Å². The lowest BCUT2D eigenvalue weighted by Crippen LogP contribution is -2.39. The van der Waals surface area contributed by atoms with Gasteiger partial charge in [-0.05, 0) is 55.0 Å². The van der Waals surface area contributed by atoms with Crippen LogP contribution in [0.4, 0.5) is 4.39 Å². The molecule has 4 heteroatoms. The zero-order chi connectivity index (χ0) is 18.4. The Morgan fingerprint density at radius 2 is 1.96 bits per heavy atom. The normalized spacial score (nSPS) is 14.9. The highest BCUT2D eigenvalue weighted by Crippen LogP contribution is 2.26. The average Bonchev–Trinajstić information content (AvgIpc) is 2.67. The number of likely N-dealkylation sites (tertiary alicyclic amines) is 1. The quantitative estimate of drug-likeness (QED) is 0.717. The third kappa shape index (κ3) is 4.51. The molecule has 0 saturated carbocycles. The van der Waals surface area contributed by atoms with Gasteiger partial charge < -0.3 is 9.64 Å². The molecule has 1 amide bonds. The van der Waals surface area contributed by atoms with Crippen molar-refractivity contribution in [2.45, 2.75) is 19.3 Å². The Labute approximate surface area is 154 Å². The summed E-state index contributed by atoms with van der Waals surface area (Å²) in [4.78, 5) is 14.8. The fourth-order valence-corrected chi connectivity index (χ4v) is 3.43. The van der Waals surface area contributed by atoms with Crippen LogP contribution in [-0.4, -0.2) is 30.5 Å². The van der Waals surface area contributed by atoms with E-state index >= 15 is 0 Å². The van der Waals surface area contributed by atoms with Gasteiger partial charge in [0.05, 0.1) is 5.56 Å². The summed E-state index contributed by atoms with van der Waals surface area (Å²) in [5, 5.41) is 0. The van der Waals surface area contributed by atoms with E-state index in [9.17, 15) is 9.18 Å². The maximum Gasteiger partial charge on any atom is 0.257 e. The van der Waals surface area contributed by atoms with Crippen molar-refractivity contribution in [3.63, 3.8) is 0 Å². The summed E-state index contributed by atoms with van der Waals surface area (Å²) in [5.74, 6) is 0.896. The van der Waals surface area contributed by atoms with Crippen LogP contribution in [0.2, 0.25) is 0 Å². The molecule has 0 bridgehead atoms. The first kappa shape index (κ1) is 18.2. The molecule has 0 aliphatic carbocycles. The van der Waals surface area contributed by atoms with E-state index in [1.165, 1.54) is 6.07 Å². The van der Waals surface area contributed by atoms with Gasteiger partial charge in [0.2, 0.25) is 0 Å². The first-order valence-electron chi connectivity index (χ1n) is 9.04. The van der Waals surface area contributed by atoms with E-state index < -0.39 is 0 Å². The Bertz CT molecular complexity index is 766. The van der Waals surface area contributed by atoms with Gasteiger partial charge in [-0.25, -0.2) is 4.39 Å². The molecule has 136 valence electrons. The first-order valence-corrected chi connectivity index (χ1v) is 9.04. The van der Waals surface area contributed by atoms with Crippen molar-refractivity contribution in [2.24, 2.45) is 5.92 Å². The van der Waals surface area contributed by atoms with Gasteiger partial charge >= 0.3 is 0 Å². The summed E-state index contributed by atoms with van der Waals surface area (Å²) in [7, 11) is 0. The van der Waals surface area contributed by atoms with Gasteiger partial charge in [0.1, 0.15) is 18.2 Å². The highest BCUT2D eigenvalue weighted by Gasteiger charge is 2.25. The van der Waals surface area contributed by atoms with Crippen molar-refractivity contribution >= 4 is 5.91 Å². The predicted octanol–water partition coefficient (Wildman–Crippen LogP) is 4.49. The number of hydrogen-bond acceptors (Lipinski definition) is 2. The third-order valence-electron chi connectivity index (χ3n) is 4.79. The summed E-state index contributed by atoms with van der Waals surface area (Å²) < 4.78 is 18.9. The fourth-order valence-electron chi connectivity index (χ4n) is 3.43. The number of halogens is 1. The molecule has 26 heavy (non-hydrogen) atoms. The molecular formula is C22H24FNO2. The number of hydrogen-bond donors (Lipinski definition) is 0. The number of carbonyl (C=O) groups excluding carboxylic acids is 1. The van der Waals surface area contributed by atoms with Crippen molar-refractivity contribution in [1.82, 2.24) is 4.90 Å². The second kappa shape index (κ2) is 8.65. The smallest absolute Gasteiger partial charge is 0.257 e. The van der Waals surface area contributed by atoms with Crippen LogP contribution >= 0.6 is 0 Å². The molecule has 1 aliphatic rings. The van der Waals surface area contributed by atoms with Crippen molar-refractivity contribution in [3.8, 4) is 5.75 Å². The highest BCUT2D eigenvalue weighted by molar-refractivity contribution is 5.97. The second-order valence-electron chi connectivity index (χ2n) is 6.67. The van der Waals surface area contributed by atoms with E-state index in [-0.39, 0.29) is 11.7 Å². The van der Waals surface area contributed by atoms with Crippen LogP contribution in [0, 0.1) is 11.7 Å². The molecule has 1 fully saturated rings. The average molecular weight is 353 g/mol. The van der Waals surface area contributed by atoms with Crippen molar-refractivity contribution in [3.05, 3.63) is 78.1 Å². The second-order valence-corrected chi connectivity index (χ2v) is 6.67. The first-order chi connectivity index (χ1) is 12.7. The molecule has 1 aliphatic heterocycles. The molecule has 2 aromatic rings. The van der Waals surface area contributed by atoms with Gasteiger partial charge in [-0.15, -0.1) is 0 Å². The summed E-state index contributed by atoms with van der Waals surface area (Å²) in [6.07, 6.45) is 4.38. The molecule has 0 spiro atoms. The van der Waals surface area contributed by atoms with Crippen molar-refractivity contribution in [1.29, 1.82) is 0 Å². The van der Waals surface area contributed by atoms with E-state index in [2.05, 4.69) is 6.58 Å². The lowest BCUT2D eigenvalue weighted by molar-refractivity contribution is 0.0686. The summed E-state index contributed by atoms with van der Waals surface area (Å²) in [6, 6.07) is 14.1. The van der Waals surface area contributed by atoms with Crippen LogP contribution < -0.4 is 4.74 Å². The monoisotopic (exact) mass is 353 g/mol. The molecule has 3 rings (SSSR count). The van der Waals surface area contributed by atoms with E-state index in [1.807, 2.05) is 29.2 Å². The number of benzene rings is 2. The predicted molar refractivity (Wildman–Crippen MR) is 101 cm³/mol. The number of amides is 1. The number of ether oxygens (including phenoxy) is 1. The molecule has 0 aromatic heterocycles. The molecular weight excluding hydrogens is 329 g/mol. The minimum absolute atomic E-state index is 0.00821. The molecule has 1 saturated heterocycles. The van der Waals surface area contributed by atoms with Crippen LogP contribution in [0.25, 0.3) is 0 Å². The van der Waals surface area contributed by atoms with Gasteiger partial charge in [-0.1, -0.05) is 36.9 Å². The third-order valence-corrected chi connectivity index (χ3v) is 4.79. The summed E-state index contributed by atoms with van der Waals surface area (Å²) in [6.45, 7) is 5.45. The Morgan fingerprint density at radius 3 is 2.69 bits per heavy atom. The summed E-state index contributed by atoms with van der Waals surface area (Å²) in [5.41, 5.74) is 1.62. The standard InChI is InChI=1S/C22H24FNO2/c1-2-14-26-21-9-4-3-8-20(21)22(25)24-12-10-17(11-13-24)15-18-6-5-7-19(23)16-18/h2-9,16-17H,1,10-15H2. The minimum atomic E-state index is -0.189. The largest absolute Gasteiger partial charge is 0.489 e. The molecule has 1 heterocycles. The van der Waals surface area contributed by atoms with Crippen LogP contribution in [-0.2, 0) is 6.42 Å². The highest BCUT2D eigenvalue weighted by atomic mass is 19.1. The number of piperidine rings is 1. The van der Waals surface area contributed by atoms with Gasteiger partial charge in [0.15, 0.2) is 0 Å². The zero-order valence-corrected chi connectivity index (χ0v) is 14.9. The van der Waals surface area contributed by atoms with E-state index in [4.69, 9.17) is 4.74 Å². The lowest BCUT2D eigenvalue weighted by Gasteiger charge is -2.32. The van der Waals surface area contributed by atoms with Crippen LogP contribution in [0.5, 0.6) is 5.75 Å². The SMILES string of the molecule is C=CCOc1ccccc1C(=O)N1CCC(Cc2cccc(F)c2)CC1. The molecule has 2 aromatic carbocycles. The molecule has 0 N–H and O–H groups in total. The van der Waals surface area contributed by atoms with E-state index in [1.54, 1.807) is 24.3 Å². The maximum absolute atomic E-state index is 13.3. The van der Waals surface area contributed by atoms with Crippen LogP contribution in [0.1, 0.15) is 28.8 Å². The van der Waals surface area contributed by atoms with E-state index in [0.717, 1.165) is 24.8 Å². The number of rotatable bonds is 6. The van der Waals surface area contributed by atoms with Crippen molar-refractivity contribution in [2.75, 3.05) is 19.7 Å². The Morgan fingerprint density at radius 1 is 1.19 bits per heavy atom. The number of carbonyl (C=O) groups is 1. The topological polar surface area (TPSA) is 29.5 Å². The van der Waals surface area contributed by atoms with Gasteiger partial charge in [0, 0.05) is 13.1 Å². The molecule has 3 nitrogen and oxygen atoms in total. The van der Waals surface area contributed by atoms with Crippen LogP contribution in [0.3, 0.4) is 0 Å². The number of para-hydroxylation sites is 1. The fraction of sp³-hybridized carbons (Fsp3) is 0.318. The molecule has 0 atom stereocenters. The molecule has 0 radical (unpaired) electrons. The summed E-state index contributed by atoms with van der Waals surface area (Å²) >= 11 is 0. The van der Waals surface area contributed by atoms with Gasteiger partial charge in [-0.3, -0.25) is 4.79 Å². The zero-order valence-electron chi connectivity index (χ0n) is 14.9. The van der Waals surface area contributed by atoms with Gasteiger partial charge in [0.25, 0.3) is 5.91 Å². The molecule has 0 unspecified atom stereocenters. The van der Waals surface area contributed by atoms with Crippen molar-refractivity contribution < 1.29 is 13.9 Å². The van der Waals surface area contributed by atoms with E-state index in [0.29, 0.717) is 36.9 Å². The Hall–Kier alpha value is -2.62.